The number of pyridine rings is 1. The average Bonchev–Trinajstić information content (AvgIpc) is 2.57. The molecule has 5 nitrogen and oxygen atoms in total. The van der Waals surface area contributed by atoms with Gasteiger partial charge in [0.05, 0.1) is 12.2 Å². The number of rotatable bonds is 5. The fraction of sp³-hybridized carbons (Fsp3) is 0.167. The number of aryl methyl sites for hydroxylation is 2. The molecular formula is C18H18ClN5. The zero-order valence-corrected chi connectivity index (χ0v) is 14.3. The summed E-state index contributed by atoms with van der Waals surface area (Å²) in [7, 11) is 0. The van der Waals surface area contributed by atoms with Crippen LogP contribution in [0.1, 0.15) is 17.1 Å². The van der Waals surface area contributed by atoms with Crippen LogP contribution in [0.4, 0.5) is 17.3 Å². The van der Waals surface area contributed by atoms with Gasteiger partial charge in [0, 0.05) is 23.0 Å². The molecule has 3 rings (SSSR count). The van der Waals surface area contributed by atoms with Crippen molar-refractivity contribution in [3.63, 3.8) is 0 Å². The van der Waals surface area contributed by atoms with E-state index in [4.69, 9.17) is 11.6 Å². The molecule has 0 spiro atoms. The van der Waals surface area contributed by atoms with Gasteiger partial charge in [-0.05, 0) is 43.7 Å². The summed E-state index contributed by atoms with van der Waals surface area (Å²) in [4.78, 5) is 13.1. The Kier molecular flexibility index (Phi) is 4.91. The zero-order valence-electron chi connectivity index (χ0n) is 13.5. The van der Waals surface area contributed by atoms with E-state index >= 15 is 0 Å². The van der Waals surface area contributed by atoms with E-state index in [1.165, 1.54) is 0 Å². The average molecular weight is 340 g/mol. The fourth-order valence-corrected chi connectivity index (χ4v) is 2.45. The Hall–Kier alpha value is -2.66. The van der Waals surface area contributed by atoms with Gasteiger partial charge in [0.15, 0.2) is 0 Å². The molecule has 0 saturated heterocycles. The maximum absolute atomic E-state index is 6.07. The molecule has 0 fully saturated rings. The molecular weight excluding hydrogens is 322 g/mol. The van der Waals surface area contributed by atoms with E-state index in [2.05, 4.69) is 25.6 Å². The Bertz CT molecular complexity index is 836. The van der Waals surface area contributed by atoms with Crippen LogP contribution in [-0.2, 0) is 6.54 Å². The minimum Gasteiger partial charge on any atom is -0.364 e. The van der Waals surface area contributed by atoms with Crippen LogP contribution in [0.2, 0.25) is 5.02 Å². The third-order valence-corrected chi connectivity index (χ3v) is 3.71. The number of hydrogen-bond acceptors (Lipinski definition) is 5. The number of benzene rings is 1. The van der Waals surface area contributed by atoms with Crippen molar-refractivity contribution in [3.8, 4) is 0 Å². The van der Waals surface area contributed by atoms with Gasteiger partial charge in [-0.1, -0.05) is 23.7 Å². The van der Waals surface area contributed by atoms with Crippen LogP contribution < -0.4 is 10.6 Å². The van der Waals surface area contributed by atoms with Gasteiger partial charge >= 0.3 is 0 Å². The maximum atomic E-state index is 6.07. The van der Waals surface area contributed by atoms with Crippen molar-refractivity contribution in [1.29, 1.82) is 0 Å². The van der Waals surface area contributed by atoms with Crippen molar-refractivity contribution in [2.75, 3.05) is 10.6 Å². The van der Waals surface area contributed by atoms with E-state index in [0.717, 1.165) is 28.6 Å². The molecule has 0 atom stereocenters. The van der Waals surface area contributed by atoms with E-state index in [-0.39, 0.29) is 0 Å². The van der Waals surface area contributed by atoms with E-state index in [1.54, 1.807) is 6.20 Å². The quantitative estimate of drug-likeness (QED) is 0.716. The molecule has 2 heterocycles. The van der Waals surface area contributed by atoms with Crippen LogP contribution in [0.25, 0.3) is 0 Å². The molecule has 0 radical (unpaired) electrons. The van der Waals surface area contributed by atoms with Crippen molar-refractivity contribution in [2.24, 2.45) is 0 Å². The molecule has 1 aromatic carbocycles. The second kappa shape index (κ2) is 7.27. The molecule has 0 aliphatic carbocycles. The molecule has 3 aromatic rings. The molecule has 0 saturated carbocycles. The van der Waals surface area contributed by atoms with Crippen molar-refractivity contribution in [2.45, 2.75) is 20.4 Å². The summed E-state index contributed by atoms with van der Waals surface area (Å²) < 4.78 is 0. The lowest BCUT2D eigenvalue weighted by molar-refractivity contribution is 0.996. The topological polar surface area (TPSA) is 62.7 Å². The molecule has 0 aliphatic rings. The summed E-state index contributed by atoms with van der Waals surface area (Å²) in [6, 6.07) is 13.4. The van der Waals surface area contributed by atoms with Gasteiger partial charge in [0.25, 0.3) is 0 Å². The first-order valence-corrected chi connectivity index (χ1v) is 8.00. The lowest BCUT2D eigenvalue weighted by Gasteiger charge is -2.12. The van der Waals surface area contributed by atoms with Crippen molar-refractivity contribution < 1.29 is 0 Å². The fourth-order valence-electron chi connectivity index (χ4n) is 2.27. The number of halogens is 1. The highest BCUT2D eigenvalue weighted by Gasteiger charge is 2.05. The Morgan fingerprint density at radius 2 is 1.83 bits per heavy atom. The van der Waals surface area contributed by atoms with Crippen LogP contribution in [-0.4, -0.2) is 15.0 Å². The summed E-state index contributed by atoms with van der Waals surface area (Å²) in [6.07, 6.45) is 1.77. The highest BCUT2D eigenvalue weighted by Crippen LogP contribution is 2.24. The lowest BCUT2D eigenvalue weighted by Crippen LogP contribution is -2.06. The number of hydrogen-bond donors (Lipinski definition) is 2. The van der Waals surface area contributed by atoms with E-state index in [1.807, 2.05) is 56.3 Å². The van der Waals surface area contributed by atoms with Gasteiger partial charge in [-0.25, -0.2) is 9.97 Å². The zero-order chi connectivity index (χ0) is 16.9. The molecule has 0 aliphatic heterocycles. The van der Waals surface area contributed by atoms with Crippen LogP contribution in [0, 0.1) is 13.8 Å². The number of nitrogens with one attached hydrogen (secondary N) is 2. The second-order valence-corrected chi connectivity index (χ2v) is 5.88. The summed E-state index contributed by atoms with van der Waals surface area (Å²) in [5, 5.41) is 7.26. The normalized spacial score (nSPS) is 10.5. The highest BCUT2D eigenvalue weighted by molar-refractivity contribution is 6.30. The number of anilines is 3. The van der Waals surface area contributed by atoms with Gasteiger partial charge in [-0.15, -0.1) is 0 Å². The highest BCUT2D eigenvalue weighted by atomic mass is 35.5. The van der Waals surface area contributed by atoms with Crippen LogP contribution in [0.5, 0.6) is 0 Å². The predicted octanol–water partition coefficient (Wildman–Crippen LogP) is 4.50. The van der Waals surface area contributed by atoms with E-state index in [9.17, 15) is 0 Å². The summed E-state index contributed by atoms with van der Waals surface area (Å²) in [5.41, 5.74) is 2.98. The first-order chi connectivity index (χ1) is 11.6. The largest absolute Gasteiger partial charge is 0.364 e. The van der Waals surface area contributed by atoms with Gasteiger partial charge in [0.2, 0.25) is 0 Å². The number of nitrogens with zero attached hydrogens (tertiary/aromatic N) is 3. The molecule has 6 heteroatoms. The third kappa shape index (κ3) is 4.20. The van der Waals surface area contributed by atoms with Crippen LogP contribution >= 0.6 is 11.6 Å². The van der Waals surface area contributed by atoms with Gasteiger partial charge in [-0.2, -0.15) is 0 Å². The smallest absolute Gasteiger partial charge is 0.136 e. The van der Waals surface area contributed by atoms with Crippen molar-refractivity contribution in [1.82, 2.24) is 15.0 Å². The van der Waals surface area contributed by atoms with E-state index in [0.29, 0.717) is 17.4 Å². The molecule has 0 unspecified atom stereocenters. The SMILES string of the molecule is Cc1nc(NCc2ccccn2)cc(Nc2cc(Cl)ccc2C)n1. The molecule has 122 valence electrons. The summed E-state index contributed by atoms with van der Waals surface area (Å²) in [6.45, 7) is 4.49. The molecule has 0 bridgehead atoms. The van der Waals surface area contributed by atoms with Crippen LogP contribution in [0.3, 0.4) is 0 Å². The minimum atomic E-state index is 0.604. The van der Waals surface area contributed by atoms with Crippen molar-refractivity contribution >= 4 is 28.9 Å². The summed E-state index contributed by atoms with van der Waals surface area (Å²) in [5.74, 6) is 2.15. The molecule has 2 aromatic heterocycles. The Morgan fingerprint density at radius 1 is 1.00 bits per heavy atom. The predicted molar refractivity (Wildman–Crippen MR) is 97.8 cm³/mol. The molecule has 2 N–H and O–H groups in total. The Morgan fingerprint density at radius 3 is 2.62 bits per heavy atom. The first kappa shape index (κ1) is 16.2. The lowest BCUT2D eigenvalue weighted by atomic mass is 10.2. The molecule has 0 amide bonds. The Labute approximate surface area is 146 Å². The summed E-state index contributed by atoms with van der Waals surface area (Å²) >= 11 is 6.07. The first-order valence-electron chi connectivity index (χ1n) is 7.63. The third-order valence-electron chi connectivity index (χ3n) is 3.48. The Balaban J connectivity index is 1.77. The monoisotopic (exact) mass is 339 g/mol. The molecule has 24 heavy (non-hydrogen) atoms. The minimum absolute atomic E-state index is 0.604. The second-order valence-electron chi connectivity index (χ2n) is 5.44. The van der Waals surface area contributed by atoms with Gasteiger partial charge in [-0.3, -0.25) is 4.98 Å². The van der Waals surface area contributed by atoms with Gasteiger partial charge in [0.1, 0.15) is 17.5 Å². The van der Waals surface area contributed by atoms with Crippen LogP contribution in [0.15, 0.2) is 48.7 Å². The number of aromatic nitrogens is 3. The van der Waals surface area contributed by atoms with Gasteiger partial charge < -0.3 is 10.6 Å². The maximum Gasteiger partial charge on any atom is 0.136 e. The standard InChI is InChI=1S/C18H18ClN5/c1-12-6-7-14(19)9-16(12)24-18-10-17(22-13(2)23-18)21-11-15-5-3-4-8-20-15/h3-10H,11H2,1-2H3,(H2,21,22,23,24). The van der Waals surface area contributed by atoms with Crippen molar-refractivity contribution in [3.05, 3.63) is 70.8 Å². The van der Waals surface area contributed by atoms with E-state index < -0.39 is 0 Å².